The first-order valence-electron chi connectivity index (χ1n) is 3.83. The molecular formula is C10H9ClN2. The van der Waals surface area contributed by atoms with Crippen molar-refractivity contribution >= 4 is 0 Å². The summed E-state index contributed by atoms with van der Waals surface area (Å²) in [5.41, 5.74) is 1.13. The molecule has 0 aliphatic heterocycles. The second kappa shape index (κ2) is 4.58. The van der Waals surface area contributed by atoms with Gasteiger partial charge in [-0.25, -0.2) is 0 Å². The van der Waals surface area contributed by atoms with Gasteiger partial charge in [-0.1, -0.05) is 6.07 Å². The van der Waals surface area contributed by atoms with Crippen molar-refractivity contribution < 1.29 is 17.0 Å². The minimum Gasteiger partial charge on any atom is -1.00 e. The summed E-state index contributed by atoms with van der Waals surface area (Å²) in [7, 11) is 0. The van der Waals surface area contributed by atoms with E-state index in [-0.39, 0.29) is 12.4 Å². The van der Waals surface area contributed by atoms with Gasteiger partial charge in [0.15, 0.2) is 12.4 Å². The van der Waals surface area contributed by atoms with Crippen molar-refractivity contribution in [1.82, 2.24) is 4.98 Å². The van der Waals surface area contributed by atoms with Crippen molar-refractivity contribution in [3.8, 4) is 5.69 Å². The van der Waals surface area contributed by atoms with Gasteiger partial charge in [0.25, 0.3) is 0 Å². The average molecular weight is 193 g/mol. The first kappa shape index (κ1) is 9.68. The molecule has 0 aliphatic carbocycles. The molecule has 3 heteroatoms. The molecule has 2 aromatic heterocycles. The van der Waals surface area contributed by atoms with Crippen molar-refractivity contribution in [1.29, 1.82) is 0 Å². The third-order valence-electron chi connectivity index (χ3n) is 1.68. The molecule has 0 radical (unpaired) electrons. The maximum atomic E-state index is 3.96. The zero-order valence-electron chi connectivity index (χ0n) is 6.97. The molecule has 0 saturated carbocycles. The van der Waals surface area contributed by atoms with Gasteiger partial charge in [0.2, 0.25) is 5.69 Å². The second-order valence-corrected chi connectivity index (χ2v) is 2.49. The fraction of sp³-hybridized carbons (Fsp3) is 0. The Labute approximate surface area is 83.3 Å². The Morgan fingerprint density at radius 2 is 1.54 bits per heavy atom. The largest absolute Gasteiger partial charge is 1.00 e. The SMILES string of the molecule is [Cl-].c1cc[n+](-c2ccncc2)cc1. The Hall–Kier alpha value is -1.41. The molecule has 2 nitrogen and oxygen atoms in total. The Bertz CT molecular complexity index is 310. The number of hydrogen-bond donors (Lipinski definition) is 0. The van der Waals surface area contributed by atoms with Crippen LogP contribution in [0.3, 0.4) is 0 Å². The summed E-state index contributed by atoms with van der Waals surface area (Å²) in [5, 5.41) is 0. The third-order valence-corrected chi connectivity index (χ3v) is 1.68. The van der Waals surface area contributed by atoms with Gasteiger partial charge in [-0.3, -0.25) is 4.98 Å². The molecule has 0 spiro atoms. The first-order chi connectivity index (χ1) is 5.97. The summed E-state index contributed by atoms with van der Waals surface area (Å²) >= 11 is 0. The maximum absolute atomic E-state index is 3.96. The molecule has 13 heavy (non-hydrogen) atoms. The molecule has 66 valence electrons. The number of pyridine rings is 2. The van der Waals surface area contributed by atoms with Crippen LogP contribution in [-0.2, 0) is 0 Å². The van der Waals surface area contributed by atoms with E-state index in [4.69, 9.17) is 0 Å². The highest BCUT2D eigenvalue weighted by atomic mass is 35.5. The molecular weight excluding hydrogens is 184 g/mol. The zero-order valence-corrected chi connectivity index (χ0v) is 7.72. The van der Waals surface area contributed by atoms with Gasteiger partial charge in [-0.2, -0.15) is 4.57 Å². The van der Waals surface area contributed by atoms with Gasteiger partial charge in [-0.15, -0.1) is 0 Å². The van der Waals surface area contributed by atoms with Gasteiger partial charge in [0.05, 0.1) is 0 Å². The quantitative estimate of drug-likeness (QED) is 0.496. The van der Waals surface area contributed by atoms with Gasteiger partial charge < -0.3 is 12.4 Å². The normalized spacial score (nSPS) is 8.92. The van der Waals surface area contributed by atoms with Gasteiger partial charge in [-0.05, 0) is 0 Å². The van der Waals surface area contributed by atoms with Gasteiger partial charge in [0, 0.05) is 36.7 Å². The van der Waals surface area contributed by atoms with Crippen LogP contribution in [-0.4, -0.2) is 4.98 Å². The summed E-state index contributed by atoms with van der Waals surface area (Å²) < 4.78 is 2.04. The summed E-state index contributed by atoms with van der Waals surface area (Å²) in [5.74, 6) is 0. The molecule has 0 fully saturated rings. The van der Waals surface area contributed by atoms with E-state index in [0.29, 0.717) is 0 Å². The van der Waals surface area contributed by atoms with E-state index in [1.807, 2.05) is 47.3 Å². The zero-order chi connectivity index (χ0) is 8.23. The topological polar surface area (TPSA) is 16.8 Å². The highest BCUT2D eigenvalue weighted by Crippen LogP contribution is 1.93. The van der Waals surface area contributed by atoms with Crippen LogP contribution in [0.25, 0.3) is 5.69 Å². The van der Waals surface area contributed by atoms with Gasteiger partial charge >= 0.3 is 0 Å². The van der Waals surface area contributed by atoms with Crippen molar-refractivity contribution in [2.45, 2.75) is 0 Å². The molecule has 0 atom stereocenters. The molecule has 0 amide bonds. The minimum atomic E-state index is 0. The van der Waals surface area contributed by atoms with Crippen LogP contribution < -0.4 is 17.0 Å². The maximum Gasteiger partial charge on any atom is 0.213 e. The van der Waals surface area contributed by atoms with Crippen molar-refractivity contribution in [3.63, 3.8) is 0 Å². The number of halogens is 1. The lowest BCUT2D eigenvalue weighted by Gasteiger charge is -1.91. The number of rotatable bonds is 1. The molecule has 0 N–H and O–H groups in total. The molecule has 2 aromatic rings. The van der Waals surface area contributed by atoms with E-state index < -0.39 is 0 Å². The summed E-state index contributed by atoms with van der Waals surface area (Å²) in [6.07, 6.45) is 7.59. The molecule has 0 aliphatic rings. The Kier molecular flexibility index (Phi) is 3.41. The summed E-state index contributed by atoms with van der Waals surface area (Å²) in [4.78, 5) is 3.96. The predicted molar refractivity (Wildman–Crippen MR) is 45.8 cm³/mol. The number of nitrogens with zero attached hydrogens (tertiary/aromatic N) is 2. The predicted octanol–water partition coefficient (Wildman–Crippen LogP) is -1.64. The van der Waals surface area contributed by atoms with Crippen LogP contribution in [0.2, 0.25) is 0 Å². The van der Waals surface area contributed by atoms with E-state index in [0.717, 1.165) is 5.69 Å². The fourth-order valence-corrected chi connectivity index (χ4v) is 1.09. The van der Waals surface area contributed by atoms with E-state index in [9.17, 15) is 0 Å². The molecule has 2 rings (SSSR count). The first-order valence-corrected chi connectivity index (χ1v) is 3.83. The Morgan fingerprint density at radius 1 is 0.923 bits per heavy atom. The van der Waals surface area contributed by atoms with E-state index in [1.54, 1.807) is 12.4 Å². The van der Waals surface area contributed by atoms with Crippen LogP contribution in [0.5, 0.6) is 0 Å². The standard InChI is InChI=1S/C10H9N2.ClH/c1-2-8-12(9-3-1)10-4-6-11-7-5-10;/h1-9H;1H/q+1;/p-1. The van der Waals surface area contributed by atoms with Gasteiger partial charge in [0.1, 0.15) is 0 Å². The highest BCUT2D eigenvalue weighted by Gasteiger charge is 2.00. The second-order valence-electron chi connectivity index (χ2n) is 2.49. The number of aromatic nitrogens is 2. The molecule has 0 saturated heterocycles. The average Bonchev–Trinajstić information content (AvgIpc) is 2.21. The number of hydrogen-bond acceptors (Lipinski definition) is 1. The van der Waals surface area contributed by atoms with Crippen LogP contribution in [0.15, 0.2) is 55.1 Å². The monoisotopic (exact) mass is 192 g/mol. The smallest absolute Gasteiger partial charge is 0.213 e. The summed E-state index contributed by atoms with van der Waals surface area (Å²) in [6, 6.07) is 9.94. The van der Waals surface area contributed by atoms with Crippen LogP contribution in [0, 0.1) is 0 Å². The van der Waals surface area contributed by atoms with Crippen molar-refractivity contribution in [2.24, 2.45) is 0 Å². The Morgan fingerprint density at radius 3 is 2.15 bits per heavy atom. The van der Waals surface area contributed by atoms with Crippen molar-refractivity contribution in [3.05, 3.63) is 55.1 Å². The molecule has 2 heterocycles. The lowest BCUT2D eigenvalue weighted by atomic mass is 10.4. The van der Waals surface area contributed by atoms with Crippen LogP contribution in [0.1, 0.15) is 0 Å². The lowest BCUT2D eigenvalue weighted by molar-refractivity contribution is -0.595. The molecule has 0 aromatic carbocycles. The van der Waals surface area contributed by atoms with Crippen LogP contribution in [0.4, 0.5) is 0 Å². The minimum absolute atomic E-state index is 0. The van der Waals surface area contributed by atoms with Crippen LogP contribution >= 0.6 is 0 Å². The molecule has 0 unspecified atom stereocenters. The Balaban J connectivity index is 0.000000845. The fourth-order valence-electron chi connectivity index (χ4n) is 1.09. The summed E-state index contributed by atoms with van der Waals surface area (Å²) in [6.45, 7) is 0. The highest BCUT2D eigenvalue weighted by molar-refractivity contribution is 5.17. The van der Waals surface area contributed by atoms with Crippen molar-refractivity contribution in [2.75, 3.05) is 0 Å². The lowest BCUT2D eigenvalue weighted by Crippen LogP contribution is -3.00. The van der Waals surface area contributed by atoms with E-state index in [1.165, 1.54) is 0 Å². The van der Waals surface area contributed by atoms with E-state index >= 15 is 0 Å². The third kappa shape index (κ3) is 2.26. The van der Waals surface area contributed by atoms with E-state index in [2.05, 4.69) is 4.98 Å². The molecule has 0 bridgehead atoms.